The van der Waals surface area contributed by atoms with Gasteiger partial charge in [0.2, 0.25) is 0 Å². The van der Waals surface area contributed by atoms with Crippen molar-refractivity contribution in [2.45, 2.75) is 19.9 Å². The average molecular weight is 407 g/mol. The Morgan fingerprint density at radius 2 is 2.07 bits per heavy atom. The summed E-state index contributed by atoms with van der Waals surface area (Å²) in [6, 6.07) is 6.47. The Balaban J connectivity index is 2.34. The molecule has 2 amide bonds. The van der Waals surface area contributed by atoms with Crippen LogP contribution in [0.25, 0.3) is 0 Å². The van der Waals surface area contributed by atoms with Crippen LogP contribution >= 0.6 is 12.2 Å². The molecule has 0 aromatic heterocycles. The zero-order chi connectivity index (χ0) is 20.7. The summed E-state index contributed by atoms with van der Waals surface area (Å²) in [4.78, 5) is 26.3. The lowest BCUT2D eigenvalue weighted by molar-refractivity contribution is -0.140. The van der Waals surface area contributed by atoms with Crippen LogP contribution in [0.1, 0.15) is 25.5 Å². The lowest BCUT2D eigenvalue weighted by Crippen LogP contribution is -2.46. The summed E-state index contributed by atoms with van der Waals surface area (Å²) in [5, 5.41) is 9.13. The number of benzene rings is 1. The van der Waals surface area contributed by atoms with Crippen molar-refractivity contribution in [2.24, 2.45) is 0 Å². The van der Waals surface area contributed by atoms with Crippen LogP contribution in [0, 0.1) is 0 Å². The highest BCUT2D eigenvalue weighted by molar-refractivity contribution is 7.80. The van der Waals surface area contributed by atoms with Crippen molar-refractivity contribution < 1.29 is 19.1 Å². The Morgan fingerprint density at radius 1 is 1.32 bits per heavy atom. The highest BCUT2D eigenvalue weighted by atomic mass is 32.1. The van der Waals surface area contributed by atoms with Crippen LogP contribution < -0.4 is 16.0 Å². The van der Waals surface area contributed by atoms with Crippen molar-refractivity contribution >= 4 is 35.0 Å². The summed E-state index contributed by atoms with van der Waals surface area (Å²) in [6.45, 7) is 4.66. The first-order valence-corrected chi connectivity index (χ1v) is 9.35. The van der Waals surface area contributed by atoms with Gasteiger partial charge < -0.3 is 30.3 Å². The maximum absolute atomic E-state index is 12.7. The second-order valence-electron chi connectivity index (χ2n) is 6.18. The van der Waals surface area contributed by atoms with E-state index in [4.69, 9.17) is 21.7 Å². The van der Waals surface area contributed by atoms with Gasteiger partial charge in [-0.25, -0.2) is 9.59 Å². The average Bonchev–Trinajstić information content (AvgIpc) is 2.66. The van der Waals surface area contributed by atoms with Crippen LogP contribution in [0.3, 0.4) is 0 Å². The molecule has 0 unspecified atom stereocenters. The molecule has 1 aromatic carbocycles. The van der Waals surface area contributed by atoms with Gasteiger partial charge in [0.25, 0.3) is 0 Å². The third kappa shape index (κ3) is 5.20. The maximum atomic E-state index is 12.7. The van der Waals surface area contributed by atoms with Gasteiger partial charge in [-0.05, 0) is 43.8 Å². The van der Waals surface area contributed by atoms with Gasteiger partial charge in [0, 0.05) is 32.1 Å². The molecule has 0 saturated heterocycles. The zero-order valence-corrected chi connectivity index (χ0v) is 17.3. The smallest absolute Gasteiger partial charge is 0.338 e. The van der Waals surface area contributed by atoms with Crippen molar-refractivity contribution in [3.8, 4) is 0 Å². The van der Waals surface area contributed by atoms with Gasteiger partial charge in [-0.2, -0.15) is 0 Å². The molecule has 2 rings (SSSR count). The molecule has 1 aliphatic heterocycles. The van der Waals surface area contributed by atoms with Crippen molar-refractivity contribution in [3.63, 3.8) is 0 Å². The second-order valence-corrected chi connectivity index (χ2v) is 6.57. The minimum Gasteiger partial charge on any atom is -0.460 e. The van der Waals surface area contributed by atoms with Gasteiger partial charge >= 0.3 is 12.0 Å². The van der Waals surface area contributed by atoms with E-state index >= 15 is 0 Å². The summed E-state index contributed by atoms with van der Waals surface area (Å²) >= 11 is 5.39. The SMILES string of the molecule is CCNC(=O)Nc1cccc([C@@H]2NC(=S)N(C)C(C)=C2C(=O)OCCOC)c1. The largest absolute Gasteiger partial charge is 0.460 e. The maximum Gasteiger partial charge on any atom is 0.338 e. The highest BCUT2D eigenvalue weighted by Crippen LogP contribution is 2.31. The molecule has 8 nitrogen and oxygen atoms in total. The molecule has 0 bridgehead atoms. The standard InChI is InChI=1S/C19H26N4O4S/c1-5-20-18(25)21-14-8-6-7-13(11-14)16-15(17(24)27-10-9-26-4)12(2)23(3)19(28)22-16/h6-8,11,16H,5,9-10H2,1-4H3,(H,22,28)(H2,20,21,25)/t16-/m0/s1. The van der Waals surface area contributed by atoms with E-state index in [9.17, 15) is 9.59 Å². The summed E-state index contributed by atoms with van der Waals surface area (Å²) in [5.74, 6) is -0.441. The predicted octanol–water partition coefficient (Wildman–Crippen LogP) is 2.15. The Kier molecular flexibility index (Phi) is 7.77. The molecular weight excluding hydrogens is 380 g/mol. The van der Waals surface area contributed by atoms with E-state index in [1.165, 1.54) is 0 Å². The van der Waals surface area contributed by atoms with Crippen molar-refractivity contribution in [1.29, 1.82) is 0 Å². The van der Waals surface area contributed by atoms with E-state index in [0.29, 0.717) is 35.2 Å². The molecule has 0 saturated carbocycles. The van der Waals surface area contributed by atoms with Crippen molar-refractivity contribution in [3.05, 3.63) is 41.1 Å². The Morgan fingerprint density at radius 3 is 2.75 bits per heavy atom. The molecule has 1 heterocycles. The molecule has 28 heavy (non-hydrogen) atoms. The second kappa shape index (κ2) is 10.0. The number of methoxy groups -OCH3 is 1. The van der Waals surface area contributed by atoms with Crippen LogP contribution in [-0.2, 0) is 14.3 Å². The predicted molar refractivity (Wildman–Crippen MR) is 111 cm³/mol. The summed E-state index contributed by atoms with van der Waals surface area (Å²) in [5.41, 5.74) is 2.56. The van der Waals surface area contributed by atoms with Crippen molar-refractivity contribution in [2.75, 3.05) is 39.2 Å². The zero-order valence-electron chi connectivity index (χ0n) is 16.5. The number of esters is 1. The number of rotatable bonds is 7. The molecule has 0 fully saturated rings. The number of hydrogen-bond acceptors (Lipinski definition) is 5. The fraction of sp³-hybridized carbons (Fsp3) is 0.421. The molecule has 3 N–H and O–H groups in total. The van der Waals surface area contributed by atoms with E-state index in [1.807, 2.05) is 26.0 Å². The van der Waals surface area contributed by atoms with Crippen molar-refractivity contribution in [1.82, 2.24) is 15.5 Å². The van der Waals surface area contributed by atoms with Crippen LogP contribution in [-0.4, -0.2) is 55.9 Å². The van der Waals surface area contributed by atoms with Gasteiger partial charge in [0.05, 0.1) is 18.2 Å². The fourth-order valence-corrected chi connectivity index (χ4v) is 3.03. The normalized spacial score (nSPS) is 16.5. The van der Waals surface area contributed by atoms with Gasteiger partial charge in [-0.3, -0.25) is 0 Å². The number of hydrogen-bond donors (Lipinski definition) is 3. The van der Waals surface area contributed by atoms with Crippen LogP contribution in [0.4, 0.5) is 10.5 Å². The summed E-state index contributed by atoms with van der Waals surface area (Å²) < 4.78 is 10.3. The van der Waals surface area contributed by atoms with Gasteiger partial charge in [0.15, 0.2) is 5.11 Å². The van der Waals surface area contributed by atoms with Gasteiger partial charge in [-0.1, -0.05) is 12.1 Å². The minimum atomic E-state index is -0.491. The Bertz CT molecular complexity index is 781. The number of ether oxygens (including phenoxy) is 2. The van der Waals surface area contributed by atoms with Gasteiger partial charge in [-0.15, -0.1) is 0 Å². The summed E-state index contributed by atoms with van der Waals surface area (Å²) in [6.07, 6.45) is 0. The number of carbonyl (C=O) groups excluding carboxylic acids is 2. The van der Waals surface area contributed by atoms with E-state index in [2.05, 4.69) is 16.0 Å². The highest BCUT2D eigenvalue weighted by Gasteiger charge is 2.33. The molecule has 1 atom stereocenters. The number of nitrogens with zero attached hydrogens (tertiary/aromatic N) is 1. The van der Waals surface area contributed by atoms with E-state index < -0.39 is 12.0 Å². The molecule has 1 aliphatic rings. The summed E-state index contributed by atoms with van der Waals surface area (Å²) in [7, 11) is 3.33. The monoisotopic (exact) mass is 406 g/mol. The molecule has 9 heteroatoms. The Hall–Kier alpha value is -2.65. The van der Waals surface area contributed by atoms with Gasteiger partial charge in [0.1, 0.15) is 6.61 Å². The molecule has 0 spiro atoms. The number of urea groups is 1. The minimum absolute atomic E-state index is 0.159. The first-order chi connectivity index (χ1) is 13.4. The number of nitrogens with one attached hydrogen (secondary N) is 3. The molecular formula is C19H26N4O4S. The van der Waals surface area contributed by atoms with E-state index in [-0.39, 0.29) is 12.6 Å². The van der Waals surface area contributed by atoms with Crippen LogP contribution in [0.15, 0.2) is 35.5 Å². The third-order valence-corrected chi connectivity index (χ3v) is 4.70. The number of amides is 2. The molecule has 1 aromatic rings. The molecule has 0 radical (unpaired) electrons. The fourth-order valence-electron chi connectivity index (χ4n) is 2.78. The van der Waals surface area contributed by atoms with E-state index in [1.54, 1.807) is 31.2 Å². The lowest BCUT2D eigenvalue weighted by atomic mass is 9.95. The number of anilines is 1. The topological polar surface area (TPSA) is 91.9 Å². The first-order valence-electron chi connectivity index (χ1n) is 8.94. The number of allylic oxidation sites excluding steroid dienone is 1. The molecule has 0 aliphatic carbocycles. The van der Waals surface area contributed by atoms with Crippen LogP contribution in [0.2, 0.25) is 0 Å². The third-order valence-electron chi connectivity index (χ3n) is 4.31. The lowest BCUT2D eigenvalue weighted by Gasteiger charge is -2.35. The van der Waals surface area contributed by atoms with E-state index in [0.717, 1.165) is 5.56 Å². The first kappa shape index (κ1) is 21.6. The quantitative estimate of drug-likeness (QED) is 0.363. The number of carbonyl (C=O) groups is 2. The number of thiocarbonyl (C=S) groups is 1. The molecule has 152 valence electrons. The van der Waals surface area contributed by atoms with Crippen LogP contribution in [0.5, 0.6) is 0 Å². The Labute approximate surface area is 170 Å².